The summed E-state index contributed by atoms with van der Waals surface area (Å²) in [5, 5.41) is 23.6. The van der Waals surface area contributed by atoms with Gasteiger partial charge in [-0.2, -0.15) is 0 Å². The second-order valence-corrected chi connectivity index (χ2v) is 9.89. The molecular weight excluding hydrogens is 502 g/mol. The molecule has 10 heteroatoms. The highest BCUT2D eigenvalue weighted by molar-refractivity contribution is 7.22. The number of carbonyl (C=O) groups is 2. The third kappa shape index (κ3) is 3.92. The Labute approximate surface area is 214 Å². The molecule has 4 aromatic rings. The van der Waals surface area contributed by atoms with Crippen molar-refractivity contribution in [1.29, 1.82) is 0 Å². The van der Waals surface area contributed by atoms with E-state index in [0.717, 1.165) is 16.9 Å². The number of hydrogen-bond acceptors (Lipinski definition) is 7. The molecule has 0 spiro atoms. The van der Waals surface area contributed by atoms with Crippen molar-refractivity contribution in [3.8, 4) is 0 Å². The number of anilines is 1. The molecule has 1 amide bonds. The number of nitro benzene ring substituents is 1. The van der Waals surface area contributed by atoms with Gasteiger partial charge >= 0.3 is 5.91 Å². The summed E-state index contributed by atoms with van der Waals surface area (Å²) in [6.45, 7) is 3.63. The first-order valence-electron chi connectivity index (χ1n) is 10.8. The van der Waals surface area contributed by atoms with Gasteiger partial charge in [-0.15, -0.1) is 0 Å². The quantitative estimate of drug-likeness (QED) is 0.114. The van der Waals surface area contributed by atoms with E-state index >= 15 is 0 Å². The minimum absolute atomic E-state index is 0.161. The van der Waals surface area contributed by atoms with Gasteiger partial charge in [-0.3, -0.25) is 24.6 Å². The molecule has 2 heterocycles. The minimum atomic E-state index is -1.12. The van der Waals surface area contributed by atoms with Crippen LogP contribution in [0.2, 0.25) is 5.02 Å². The first-order chi connectivity index (χ1) is 17.2. The number of ketones is 1. The minimum Gasteiger partial charge on any atom is -0.507 e. The molecule has 36 heavy (non-hydrogen) atoms. The predicted octanol–water partition coefficient (Wildman–Crippen LogP) is 6.10. The van der Waals surface area contributed by atoms with E-state index in [9.17, 15) is 24.8 Å². The molecule has 0 saturated carbocycles. The van der Waals surface area contributed by atoms with Crippen molar-refractivity contribution >= 4 is 61.4 Å². The van der Waals surface area contributed by atoms with Crippen LogP contribution in [0.4, 0.5) is 10.8 Å². The molecule has 5 rings (SSSR count). The number of thiazole rings is 1. The zero-order chi connectivity index (χ0) is 25.7. The van der Waals surface area contributed by atoms with Crippen LogP contribution in [0.3, 0.4) is 0 Å². The zero-order valence-electron chi connectivity index (χ0n) is 19.1. The SMILES string of the molecule is Cc1ccc(C)c(C(O)=C2C(=O)C(=O)N(c3nc4ccc(Cl)cc4s3)C2c2cccc([N+](=O)[O-])c2)c1. The van der Waals surface area contributed by atoms with Crippen LogP contribution >= 0.6 is 22.9 Å². The number of non-ortho nitro benzene ring substituents is 1. The van der Waals surface area contributed by atoms with Crippen molar-refractivity contribution in [1.82, 2.24) is 4.98 Å². The summed E-state index contributed by atoms with van der Waals surface area (Å²) in [4.78, 5) is 43.4. The molecule has 1 aromatic heterocycles. The highest BCUT2D eigenvalue weighted by atomic mass is 35.5. The topological polar surface area (TPSA) is 114 Å². The van der Waals surface area contributed by atoms with Crippen molar-refractivity contribution < 1.29 is 19.6 Å². The molecule has 1 aliphatic heterocycles. The van der Waals surface area contributed by atoms with E-state index in [4.69, 9.17) is 11.6 Å². The van der Waals surface area contributed by atoms with Gasteiger partial charge < -0.3 is 5.11 Å². The van der Waals surface area contributed by atoms with Crippen LogP contribution in [0.15, 0.2) is 66.2 Å². The molecule has 180 valence electrons. The van der Waals surface area contributed by atoms with E-state index in [1.165, 1.54) is 23.1 Å². The van der Waals surface area contributed by atoms with E-state index in [0.29, 0.717) is 31.9 Å². The third-order valence-corrected chi connectivity index (χ3v) is 7.29. The number of hydrogen-bond donors (Lipinski definition) is 1. The van der Waals surface area contributed by atoms with Gasteiger partial charge in [0.25, 0.3) is 11.5 Å². The number of halogens is 1. The van der Waals surface area contributed by atoms with Gasteiger partial charge in [0, 0.05) is 22.7 Å². The number of amides is 1. The Hall–Kier alpha value is -4.08. The van der Waals surface area contributed by atoms with Gasteiger partial charge in [-0.25, -0.2) is 4.98 Å². The molecule has 3 aromatic carbocycles. The Morgan fingerprint density at radius 3 is 2.64 bits per heavy atom. The Kier molecular flexibility index (Phi) is 5.82. The summed E-state index contributed by atoms with van der Waals surface area (Å²) in [5.74, 6) is -2.14. The molecule has 8 nitrogen and oxygen atoms in total. The number of aryl methyl sites for hydroxylation is 2. The number of rotatable bonds is 4. The largest absolute Gasteiger partial charge is 0.507 e. The maximum absolute atomic E-state index is 13.4. The first kappa shape index (κ1) is 23.7. The van der Waals surface area contributed by atoms with Crippen molar-refractivity contribution in [3.05, 3.63) is 104 Å². The fraction of sp³-hybridized carbons (Fsp3) is 0.115. The summed E-state index contributed by atoms with van der Waals surface area (Å²) in [6, 6.07) is 15.0. The number of nitrogens with zero attached hydrogens (tertiary/aromatic N) is 3. The molecule has 0 radical (unpaired) electrons. The zero-order valence-corrected chi connectivity index (χ0v) is 20.6. The number of aromatic nitrogens is 1. The molecule has 1 fully saturated rings. The van der Waals surface area contributed by atoms with Gasteiger partial charge in [0.2, 0.25) is 0 Å². The maximum atomic E-state index is 13.4. The van der Waals surface area contributed by atoms with Crippen molar-refractivity contribution in [3.63, 3.8) is 0 Å². The molecular formula is C26H18ClN3O5S. The fourth-order valence-corrected chi connectivity index (χ4v) is 5.55. The highest BCUT2D eigenvalue weighted by Gasteiger charge is 2.48. The summed E-state index contributed by atoms with van der Waals surface area (Å²) < 4.78 is 0.701. The van der Waals surface area contributed by atoms with E-state index in [1.807, 2.05) is 13.0 Å². The van der Waals surface area contributed by atoms with Crippen molar-refractivity contribution in [2.45, 2.75) is 19.9 Å². The van der Waals surface area contributed by atoms with Crippen LogP contribution in [-0.4, -0.2) is 26.7 Å². The molecule has 1 N–H and O–H groups in total. The van der Waals surface area contributed by atoms with Crippen molar-refractivity contribution in [2.24, 2.45) is 0 Å². The van der Waals surface area contributed by atoms with Crippen LogP contribution in [0.5, 0.6) is 0 Å². The lowest BCUT2D eigenvalue weighted by Crippen LogP contribution is -2.29. The summed E-state index contributed by atoms with van der Waals surface area (Å²) in [7, 11) is 0. The van der Waals surface area contributed by atoms with Crippen LogP contribution in [0.1, 0.15) is 28.3 Å². The average Bonchev–Trinajstić information content (AvgIpc) is 3.38. The molecule has 1 aliphatic rings. The average molecular weight is 520 g/mol. The summed E-state index contributed by atoms with van der Waals surface area (Å²) >= 11 is 7.27. The lowest BCUT2D eigenvalue weighted by molar-refractivity contribution is -0.384. The Balaban J connectivity index is 1.78. The molecule has 0 bridgehead atoms. The second kappa shape index (κ2) is 8.85. The Morgan fingerprint density at radius 2 is 1.89 bits per heavy atom. The molecule has 1 unspecified atom stereocenters. The van der Waals surface area contributed by atoms with Crippen LogP contribution in [-0.2, 0) is 9.59 Å². The fourth-order valence-electron chi connectivity index (χ4n) is 4.28. The molecule has 1 atom stereocenters. The highest BCUT2D eigenvalue weighted by Crippen LogP contribution is 2.45. The van der Waals surface area contributed by atoms with Crippen LogP contribution in [0.25, 0.3) is 16.0 Å². The van der Waals surface area contributed by atoms with Crippen LogP contribution < -0.4 is 4.90 Å². The number of fused-ring (bicyclic) bond motifs is 1. The standard InChI is InChI=1S/C26H18ClN3O5S/c1-13-6-7-14(2)18(10-13)23(31)21-22(15-4-3-5-17(11-15)30(34)35)29(25(33)24(21)32)26-28-19-9-8-16(27)12-20(19)36-26/h3-12,22,31H,1-2H3. The number of carbonyl (C=O) groups excluding carboxylic acids is 2. The number of Topliss-reactive ketones (excluding diaryl/α,β-unsaturated/α-hetero) is 1. The maximum Gasteiger partial charge on any atom is 0.301 e. The first-order valence-corrected chi connectivity index (χ1v) is 12.0. The normalized spacial score (nSPS) is 17.2. The van der Waals surface area contributed by atoms with Gasteiger partial charge in [0.15, 0.2) is 5.13 Å². The van der Waals surface area contributed by atoms with Gasteiger partial charge in [0.1, 0.15) is 5.76 Å². The summed E-state index contributed by atoms with van der Waals surface area (Å²) in [5.41, 5.74) is 2.47. The van der Waals surface area contributed by atoms with E-state index in [2.05, 4.69) is 4.98 Å². The van der Waals surface area contributed by atoms with Crippen LogP contribution in [0, 0.1) is 24.0 Å². The van der Waals surface area contributed by atoms with Gasteiger partial charge in [0.05, 0.1) is 26.8 Å². The monoisotopic (exact) mass is 519 g/mol. The van der Waals surface area contributed by atoms with Gasteiger partial charge in [-0.05, 0) is 49.2 Å². The lowest BCUT2D eigenvalue weighted by Gasteiger charge is -2.23. The van der Waals surface area contributed by atoms with Crippen molar-refractivity contribution in [2.75, 3.05) is 4.90 Å². The smallest absolute Gasteiger partial charge is 0.301 e. The Morgan fingerprint density at radius 1 is 1.11 bits per heavy atom. The van der Waals surface area contributed by atoms with E-state index in [1.54, 1.807) is 43.3 Å². The van der Waals surface area contributed by atoms with E-state index in [-0.39, 0.29) is 22.2 Å². The second-order valence-electron chi connectivity index (χ2n) is 8.45. The number of aliphatic hydroxyl groups excluding tert-OH is 1. The third-order valence-electron chi connectivity index (χ3n) is 6.03. The number of nitro groups is 1. The van der Waals surface area contributed by atoms with Gasteiger partial charge in [-0.1, -0.05) is 52.8 Å². The Bertz CT molecular complexity index is 1630. The van der Waals surface area contributed by atoms with E-state index < -0.39 is 22.7 Å². The summed E-state index contributed by atoms with van der Waals surface area (Å²) in [6.07, 6.45) is 0. The predicted molar refractivity (Wildman–Crippen MR) is 138 cm³/mol. The number of benzene rings is 3. The molecule has 1 saturated heterocycles. The lowest BCUT2D eigenvalue weighted by atomic mass is 9.93. The number of aliphatic hydroxyl groups is 1. The molecule has 0 aliphatic carbocycles.